The Kier molecular flexibility index (Phi) is 7.56. The second-order valence-corrected chi connectivity index (χ2v) is 11.4. The van der Waals surface area contributed by atoms with Gasteiger partial charge in [-0.1, -0.05) is 117 Å². The SMILES string of the molecule is C=C/C=C(\CCC)c1cc(-c2cccc(-c3cccc(C4=CC=CCN4)c3)c2)cc(-n2c3ccccc3c3ccccc32)c1. The number of hydrogen-bond acceptors (Lipinski definition) is 1. The van der Waals surface area contributed by atoms with Crippen molar-refractivity contribution in [1.29, 1.82) is 0 Å². The molecule has 0 spiro atoms. The number of nitrogens with one attached hydrogen (secondary N) is 1. The van der Waals surface area contributed by atoms with Gasteiger partial charge < -0.3 is 9.88 Å². The van der Waals surface area contributed by atoms with Crippen LogP contribution in [0.1, 0.15) is 30.9 Å². The molecule has 44 heavy (non-hydrogen) atoms. The van der Waals surface area contributed by atoms with Gasteiger partial charge in [-0.05, 0) is 93.9 Å². The summed E-state index contributed by atoms with van der Waals surface area (Å²) >= 11 is 0. The molecule has 5 aromatic carbocycles. The monoisotopic (exact) mass is 568 g/mol. The summed E-state index contributed by atoms with van der Waals surface area (Å²) in [5, 5.41) is 6.03. The minimum absolute atomic E-state index is 0.858. The molecule has 0 amide bonds. The van der Waals surface area contributed by atoms with Crippen LogP contribution >= 0.6 is 0 Å². The molecular formula is C42H36N2. The van der Waals surface area contributed by atoms with Crippen molar-refractivity contribution >= 4 is 33.1 Å². The summed E-state index contributed by atoms with van der Waals surface area (Å²) in [5.74, 6) is 0. The van der Waals surface area contributed by atoms with Crippen molar-refractivity contribution in [2.24, 2.45) is 0 Å². The topological polar surface area (TPSA) is 17.0 Å². The van der Waals surface area contributed by atoms with Gasteiger partial charge >= 0.3 is 0 Å². The van der Waals surface area contributed by atoms with Crippen molar-refractivity contribution in [2.75, 3.05) is 6.54 Å². The highest BCUT2D eigenvalue weighted by Crippen LogP contribution is 2.36. The van der Waals surface area contributed by atoms with Crippen LogP contribution in [0.2, 0.25) is 0 Å². The zero-order valence-electron chi connectivity index (χ0n) is 25.1. The zero-order chi connectivity index (χ0) is 29.9. The van der Waals surface area contributed by atoms with E-state index in [4.69, 9.17) is 0 Å². The number of benzene rings is 5. The lowest BCUT2D eigenvalue weighted by atomic mass is 9.93. The molecule has 0 unspecified atom stereocenters. The third-order valence-electron chi connectivity index (χ3n) is 8.48. The predicted molar refractivity (Wildman–Crippen MR) is 190 cm³/mol. The summed E-state index contributed by atoms with van der Waals surface area (Å²) in [5.41, 5.74) is 13.3. The van der Waals surface area contributed by atoms with Gasteiger partial charge in [0, 0.05) is 28.7 Å². The van der Waals surface area contributed by atoms with E-state index in [2.05, 4.69) is 163 Å². The van der Waals surface area contributed by atoms with Gasteiger partial charge in [-0.15, -0.1) is 0 Å². The molecule has 2 heterocycles. The number of allylic oxidation sites excluding steroid dienone is 5. The molecule has 7 rings (SSSR count). The molecule has 0 bridgehead atoms. The average Bonchev–Trinajstić information content (AvgIpc) is 3.43. The second kappa shape index (κ2) is 12.1. The number of hydrogen-bond donors (Lipinski definition) is 1. The quantitative estimate of drug-likeness (QED) is 0.181. The zero-order valence-corrected chi connectivity index (χ0v) is 25.1. The maximum absolute atomic E-state index is 4.04. The molecule has 0 radical (unpaired) electrons. The number of fused-ring (bicyclic) bond motifs is 3. The first-order valence-electron chi connectivity index (χ1n) is 15.5. The fourth-order valence-corrected chi connectivity index (χ4v) is 6.43. The maximum Gasteiger partial charge on any atom is 0.0541 e. The first-order valence-corrected chi connectivity index (χ1v) is 15.5. The minimum atomic E-state index is 0.858. The predicted octanol–water partition coefficient (Wildman–Crippen LogP) is 11.0. The Morgan fingerprint density at radius 3 is 2.00 bits per heavy atom. The van der Waals surface area contributed by atoms with Gasteiger partial charge in [0.1, 0.15) is 0 Å². The first-order chi connectivity index (χ1) is 21.7. The molecule has 2 nitrogen and oxygen atoms in total. The van der Waals surface area contributed by atoms with Crippen LogP contribution in [-0.2, 0) is 0 Å². The van der Waals surface area contributed by atoms with E-state index >= 15 is 0 Å². The van der Waals surface area contributed by atoms with Crippen LogP contribution < -0.4 is 5.32 Å². The Labute approximate surface area is 260 Å². The lowest BCUT2D eigenvalue weighted by molar-refractivity contribution is 0.973. The molecule has 214 valence electrons. The molecule has 1 N–H and O–H groups in total. The largest absolute Gasteiger partial charge is 0.381 e. The van der Waals surface area contributed by atoms with Gasteiger partial charge in [0.15, 0.2) is 0 Å². The fraction of sp³-hybridized carbons (Fsp3) is 0.0952. The number of para-hydroxylation sites is 2. The summed E-state index contributed by atoms with van der Waals surface area (Å²) in [6.07, 6.45) is 12.5. The lowest BCUT2D eigenvalue weighted by Crippen LogP contribution is -2.14. The second-order valence-electron chi connectivity index (χ2n) is 11.4. The molecule has 0 fully saturated rings. The summed E-state index contributed by atoms with van der Waals surface area (Å²) in [6.45, 7) is 7.13. The van der Waals surface area contributed by atoms with Crippen LogP contribution in [-0.4, -0.2) is 11.1 Å². The van der Waals surface area contributed by atoms with E-state index in [0.29, 0.717) is 0 Å². The number of rotatable bonds is 8. The third kappa shape index (κ3) is 5.20. The summed E-state index contributed by atoms with van der Waals surface area (Å²) in [7, 11) is 0. The fourth-order valence-electron chi connectivity index (χ4n) is 6.43. The molecule has 2 heteroatoms. The van der Waals surface area contributed by atoms with Crippen LogP contribution in [0.5, 0.6) is 0 Å². The van der Waals surface area contributed by atoms with E-state index in [0.717, 1.165) is 30.8 Å². The van der Waals surface area contributed by atoms with Crippen LogP contribution in [0.4, 0.5) is 0 Å². The summed E-state index contributed by atoms with van der Waals surface area (Å²) < 4.78 is 2.42. The van der Waals surface area contributed by atoms with E-state index in [1.54, 1.807) is 0 Å². The third-order valence-corrected chi connectivity index (χ3v) is 8.48. The Morgan fingerprint density at radius 2 is 1.36 bits per heavy atom. The average molecular weight is 569 g/mol. The van der Waals surface area contributed by atoms with E-state index in [-0.39, 0.29) is 0 Å². The van der Waals surface area contributed by atoms with E-state index in [1.165, 1.54) is 60.8 Å². The highest BCUT2D eigenvalue weighted by molar-refractivity contribution is 6.09. The van der Waals surface area contributed by atoms with Gasteiger partial charge in [0.2, 0.25) is 0 Å². The summed E-state index contributed by atoms with van der Waals surface area (Å²) in [4.78, 5) is 0. The molecule has 1 aliphatic heterocycles. The number of aromatic nitrogens is 1. The van der Waals surface area contributed by atoms with Crippen molar-refractivity contribution in [3.63, 3.8) is 0 Å². The Hall–Kier alpha value is -5.34. The molecule has 0 atom stereocenters. The van der Waals surface area contributed by atoms with E-state index < -0.39 is 0 Å². The van der Waals surface area contributed by atoms with Crippen molar-refractivity contribution in [3.05, 3.63) is 163 Å². The number of nitrogens with zero attached hydrogens (tertiary/aromatic N) is 1. The van der Waals surface area contributed by atoms with Crippen molar-refractivity contribution in [1.82, 2.24) is 9.88 Å². The Balaban J connectivity index is 1.41. The lowest BCUT2D eigenvalue weighted by Gasteiger charge is -2.16. The molecule has 0 saturated heterocycles. The van der Waals surface area contributed by atoms with E-state index in [1.807, 2.05) is 6.08 Å². The Morgan fingerprint density at radius 1 is 0.727 bits per heavy atom. The van der Waals surface area contributed by atoms with Crippen LogP contribution in [0.25, 0.3) is 61.0 Å². The highest BCUT2D eigenvalue weighted by Gasteiger charge is 2.15. The molecule has 1 aromatic heterocycles. The Bertz CT molecular complexity index is 2050. The van der Waals surface area contributed by atoms with Gasteiger partial charge in [-0.3, -0.25) is 0 Å². The smallest absolute Gasteiger partial charge is 0.0541 e. The van der Waals surface area contributed by atoms with Gasteiger partial charge in [0.05, 0.1) is 11.0 Å². The molecule has 6 aromatic rings. The van der Waals surface area contributed by atoms with Crippen molar-refractivity contribution < 1.29 is 0 Å². The molecule has 1 aliphatic rings. The molecule has 0 saturated carbocycles. The van der Waals surface area contributed by atoms with Crippen LogP contribution in [0.15, 0.2) is 152 Å². The van der Waals surface area contributed by atoms with Crippen LogP contribution in [0, 0.1) is 0 Å². The maximum atomic E-state index is 4.04. The first kappa shape index (κ1) is 27.5. The minimum Gasteiger partial charge on any atom is -0.381 e. The van der Waals surface area contributed by atoms with Crippen molar-refractivity contribution in [3.8, 4) is 27.9 Å². The normalized spacial score (nSPS) is 13.2. The van der Waals surface area contributed by atoms with Gasteiger partial charge in [-0.2, -0.15) is 0 Å². The van der Waals surface area contributed by atoms with Crippen molar-refractivity contribution in [2.45, 2.75) is 19.8 Å². The molecular weight excluding hydrogens is 532 g/mol. The molecule has 0 aliphatic carbocycles. The van der Waals surface area contributed by atoms with Gasteiger partial charge in [0.25, 0.3) is 0 Å². The van der Waals surface area contributed by atoms with E-state index in [9.17, 15) is 0 Å². The number of dihydropyridines is 1. The standard InChI is InChI=1S/C42H36N2/c1-3-13-30(14-4-2)35-27-36(29-37(28-35)44-41-22-7-5-19-38(41)39-20-6-8-23-42(39)44)33-17-11-15-31(25-33)32-16-12-18-34(26-32)40-21-9-10-24-43-40/h3,5-13,15-23,25-29,43H,1,4,14,24H2,2H3/b30-13+. The highest BCUT2D eigenvalue weighted by atomic mass is 15.0. The van der Waals surface area contributed by atoms with Gasteiger partial charge in [-0.25, -0.2) is 0 Å². The summed E-state index contributed by atoms with van der Waals surface area (Å²) in [6, 6.07) is 42.2. The van der Waals surface area contributed by atoms with Crippen LogP contribution in [0.3, 0.4) is 0 Å².